The number of ether oxygens (including phenoxy) is 4. The molecule has 0 saturated carbocycles. The number of carbonyl (C=O) groups is 5. The zero-order chi connectivity index (χ0) is 47.5. The predicted octanol–water partition coefficient (Wildman–Crippen LogP) is 5.92. The summed E-state index contributed by atoms with van der Waals surface area (Å²) in [6.45, 7) is 12.3. The van der Waals surface area contributed by atoms with Crippen molar-refractivity contribution < 1.29 is 63.3 Å². The third-order valence-corrected chi connectivity index (χ3v) is 13.1. The van der Waals surface area contributed by atoms with Crippen LogP contribution < -0.4 is 4.74 Å². The van der Waals surface area contributed by atoms with Gasteiger partial charge in [0, 0.05) is 44.2 Å². The number of nitrogens with zero attached hydrogens (tertiary/aromatic N) is 1. The summed E-state index contributed by atoms with van der Waals surface area (Å²) in [7, 11) is 2.78. The first-order valence-electron chi connectivity index (χ1n) is 22.7. The van der Waals surface area contributed by atoms with Crippen molar-refractivity contribution in [1.29, 1.82) is 0 Å². The molecule has 0 unspecified atom stereocenters. The lowest BCUT2D eigenvalue weighted by Gasteiger charge is -2.42. The number of ketones is 3. The molecule has 0 spiro atoms. The number of rotatable bonds is 5. The molecule has 0 aromatic heterocycles. The average molecular weight is 894 g/mol. The number of methoxy groups -OCH3 is 2. The summed E-state index contributed by atoms with van der Waals surface area (Å²) in [6.07, 6.45) is 7.97. The Morgan fingerprint density at radius 2 is 1.64 bits per heavy atom. The van der Waals surface area contributed by atoms with Crippen LogP contribution in [-0.4, -0.2) is 118 Å². The van der Waals surface area contributed by atoms with Gasteiger partial charge in [0.2, 0.25) is 5.79 Å². The highest BCUT2D eigenvalue weighted by Gasteiger charge is 2.53. The maximum atomic E-state index is 14.3. The zero-order valence-electron chi connectivity index (χ0n) is 39.0. The standard InChI is InChI=1S/C50H71NO13/c1-29-15-11-10-12-16-30(2)40(53)27-37-20-18-35(7)50(60,64-37)47(57)48(58)51-22-14-13-17-38(51)49(59)63-42(32(4)25-36-19-21-39(52)43(26-36)61-8)28-41(54)31(3)24-34(6)45(56)46(62-9)44(55)33(5)23-29/h10-12,15-16,19,21,24,26,29,31-33,35,37-38,40,42,45-46,52-53,56,60H,13-14,17-18,20,22-23,25,27-28H2,1-9H3/b12-10+,15-11+,30-16+,34-24+/t29-,31-,32-,33-,35-,37+,38+,40+,42+,45-,46+,50-/m1/s1. The number of fused-ring (bicyclic) bond motifs is 3. The molecule has 4 N–H and O–H groups in total. The highest BCUT2D eigenvalue weighted by Crippen LogP contribution is 2.37. The van der Waals surface area contributed by atoms with Gasteiger partial charge in [0.1, 0.15) is 30.1 Å². The van der Waals surface area contributed by atoms with Gasteiger partial charge in [-0.3, -0.25) is 19.2 Å². The van der Waals surface area contributed by atoms with Crippen LogP contribution >= 0.6 is 0 Å². The maximum Gasteiger partial charge on any atom is 0.329 e. The summed E-state index contributed by atoms with van der Waals surface area (Å²) >= 11 is 0. The molecule has 3 heterocycles. The van der Waals surface area contributed by atoms with Crippen LogP contribution in [0.1, 0.15) is 105 Å². The lowest BCUT2D eigenvalue weighted by molar-refractivity contribution is -0.265. The zero-order valence-corrected chi connectivity index (χ0v) is 39.0. The fourth-order valence-electron chi connectivity index (χ4n) is 8.86. The minimum Gasteiger partial charge on any atom is -0.504 e. The summed E-state index contributed by atoms with van der Waals surface area (Å²) in [6, 6.07) is 3.63. The highest BCUT2D eigenvalue weighted by atomic mass is 16.6. The number of hydrogen-bond donors (Lipinski definition) is 4. The van der Waals surface area contributed by atoms with Crippen molar-refractivity contribution in [3.63, 3.8) is 0 Å². The third kappa shape index (κ3) is 13.3. The Balaban J connectivity index is 1.72. The van der Waals surface area contributed by atoms with Crippen molar-refractivity contribution in [2.75, 3.05) is 20.8 Å². The van der Waals surface area contributed by atoms with Gasteiger partial charge in [-0.05, 0) is 99.5 Å². The van der Waals surface area contributed by atoms with E-state index in [1.165, 1.54) is 20.3 Å². The number of cyclic esters (lactones) is 1. The first-order chi connectivity index (χ1) is 30.2. The van der Waals surface area contributed by atoms with Crippen molar-refractivity contribution in [2.45, 2.75) is 149 Å². The molecular formula is C50H71NO13. The molecule has 354 valence electrons. The fraction of sp³-hybridized carbons (Fsp3) is 0.620. The molecule has 2 saturated heterocycles. The fourth-order valence-corrected chi connectivity index (χ4v) is 8.86. The SMILES string of the molecule is COc1cc(C[C@@H](C)[C@@H]2CC(=O)[C@H](C)/C=C(\C)[C@@H](O)[C@@H](OC)C(=O)[C@H](C)C[C@H](C)/C=C/C=C/C=C(\C)[C@@H](O)C[C@@H]3CC[C@@H](C)[C@@](O)(O3)C(=O)C(=O)N3CCCC[C@H]3C(=O)O2)ccc1O. The van der Waals surface area contributed by atoms with Gasteiger partial charge in [0.15, 0.2) is 17.3 Å². The molecule has 1 amide bonds. The van der Waals surface area contributed by atoms with Crippen LogP contribution in [0.15, 0.2) is 65.8 Å². The lowest BCUT2D eigenvalue weighted by atomic mass is 9.85. The van der Waals surface area contributed by atoms with Crippen molar-refractivity contribution >= 4 is 29.2 Å². The molecule has 14 nitrogen and oxygen atoms in total. The number of phenols is 1. The number of esters is 1. The Morgan fingerprint density at radius 3 is 2.33 bits per heavy atom. The van der Waals surface area contributed by atoms with Crippen molar-refractivity contribution in [3.8, 4) is 11.5 Å². The quantitative estimate of drug-likeness (QED) is 0.154. The number of amides is 1. The topological polar surface area (TPSA) is 206 Å². The van der Waals surface area contributed by atoms with Gasteiger partial charge in [0.25, 0.3) is 11.7 Å². The molecule has 0 aliphatic carbocycles. The van der Waals surface area contributed by atoms with Crippen LogP contribution in [0.25, 0.3) is 0 Å². The number of Topliss-reactive ketones (excluding diaryl/α,β-unsaturated/α-hetero) is 3. The van der Waals surface area contributed by atoms with E-state index in [2.05, 4.69) is 0 Å². The van der Waals surface area contributed by atoms with E-state index in [1.54, 1.807) is 71.1 Å². The predicted molar refractivity (Wildman–Crippen MR) is 240 cm³/mol. The Bertz CT molecular complexity index is 1940. The van der Waals surface area contributed by atoms with Gasteiger partial charge in [-0.2, -0.15) is 0 Å². The summed E-state index contributed by atoms with van der Waals surface area (Å²) in [5.74, 6) is -8.55. The number of aromatic hydroxyl groups is 1. The van der Waals surface area contributed by atoms with E-state index in [1.807, 2.05) is 26.0 Å². The molecule has 14 heteroatoms. The number of hydrogen-bond acceptors (Lipinski definition) is 13. The van der Waals surface area contributed by atoms with Crippen molar-refractivity contribution in [2.24, 2.45) is 29.6 Å². The van der Waals surface area contributed by atoms with Gasteiger partial charge < -0.3 is 44.3 Å². The number of phenolic OH excluding ortho intramolecular Hbond substituents is 1. The number of aliphatic hydroxyl groups excluding tert-OH is 2. The van der Waals surface area contributed by atoms with E-state index in [0.717, 1.165) is 10.5 Å². The van der Waals surface area contributed by atoms with Crippen LogP contribution in [0.3, 0.4) is 0 Å². The van der Waals surface area contributed by atoms with Gasteiger partial charge >= 0.3 is 5.97 Å². The van der Waals surface area contributed by atoms with E-state index in [4.69, 9.17) is 18.9 Å². The second kappa shape index (κ2) is 23.6. The lowest BCUT2D eigenvalue weighted by Crippen LogP contribution is -2.61. The second-order valence-corrected chi connectivity index (χ2v) is 18.3. The first-order valence-corrected chi connectivity index (χ1v) is 22.7. The van der Waals surface area contributed by atoms with E-state index in [-0.39, 0.29) is 54.8 Å². The smallest absolute Gasteiger partial charge is 0.329 e. The van der Waals surface area contributed by atoms with Gasteiger partial charge in [0.05, 0.1) is 19.3 Å². The Kier molecular flexibility index (Phi) is 19.3. The van der Waals surface area contributed by atoms with Crippen molar-refractivity contribution in [1.82, 2.24) is 4.90 Å². The van der Waals surface area contributed by atoms with Gasteiger partial charge in [-0.1, -0.05) is 77.1 Å². The van der Waals surface area contributed by atoms with E-state index >= 15 is 0 Å². The Hall–Kier alpha value is -4.47. The van der Waals surface area contributed by atoms with Crippen LogP contribution in [0, 0.1) is 29.6 Å². The van der Waals surface area contributed by atoms with E-state index < -0.39 is 83.7 Å². The minimum absolute atomic E-state index is 0.0142. The minimum atomic E-state index is -2.50. The molecule has 64 heavy (non-hydrogen) atoms. The molecular weight excluding hydrogens is 823 g/mol. The van der Waals surface area contributed by atoms with Crippen LogP contribution in [0.2, 0.25) is 0 Å². The summed E-state index contributed by atoms with van der Waals surface area (Å²) in [4.78, 5) is 71.3. The maximum absolute atomic E-state index is 14.3. The molecule has 4 rings (SSSR count). The first kappa shape index (κ1) is 52.2. The van der Waals surface area contributed by atoms with Gasteiger partial charge in [-0.15, -0.1) is 0 Å². The molecule has 0 radical (unpaired) electrons. The van der Waals surface area contributed by atoms with E-state index in [9.17, 15) is 44.4 Å². The highest BCUT2D eigenvalue weighted by molar-refractivity contribution is 6.39. The summed E-state index contributed by atoms with van der Waals surface area (Å²) in [5, 5.41) is 44.5. The molecule has 3 aliphatic heterocycles. The van der Waals surface area contributed by atoms with Crippen LogP contribution in [0.5, 0.6) is 11.5 Å². The average Bonchev–Trinajstić information content (AvgIpc) is 3.26. The van der Waals surface area contributed by atoms with E-state index in [0.29, 0.717) is 49.7 Å². The number of benzene rings is 1. The third-order valence-electron chi connectivity index (χ3n) is 13.1. The van der Waals surface area contributed by atoms with Crippen LogP contribution in [-0.2, 0) is 44.6 Å². The molecule has 12 atom stereocenters. The van der Waals surface area contributed by atoms with Crippen molar-refractivity contribution in [3.05, 3.63) is 71.4 Å². The Labute approximate surface area is 378 Å². The molecule has 1 aromatic rings. The number of allylic oxidation sites excluding steroid dienone is 6. The number of aliphatic hydroxyl groups is 3. The Morgan fingerprint density at radius 1 is 0.922 bits per heavy atom. The van der Waals surface area contributed by atoms with Gasteiger partial charge in [-0.25, -0.2) is 4.79 Å². The normalized spacial score (nSPS) is 35.8. The molecule has 1 aromatic carbocycles. The van der Waals surface area contributed by atoms with Crippen LogP contribution in [0.4, 0.5) is 0 Å². The largest absolute Gasteiger partial charge is 0.504 e. The molecule has 2 bridgehead atoms. The summed E-state index contributed by atoms with van der Waals surface area (Å²) in [5.41, 5.74) is 1.70. The second-order valence-electron chi connectivity index (χ2n) is 18.3. The number of carbonyl (C=O) groups excluding carboxylic acids is 5. The molecule has 3 aliphatic rings. The molecule has 2 fully saturated rings. The number of piperidine rings is 1. The summed E-state index contributed by atoms with van der Waals surface area (Å²) < 4.78 is 23.0. The monoisotopic (exact) mass is 893 g/mol.